The molecular weight excluding hydrogens is 428 g/mol. The second-order valence-corrected chi connectivity index (χ2v) is 7.73. The molecule has 4 aromatic rings. The lowest BCUT2D eigenvalue weighted by molar-refractivity contribution is -0.144. The smallest absolute Gasteiger partial charge is 0.310 e. The molecule has 4 rings (SSSR count). The van der Waals surface area contributed by atoms with E-state index in [1.807, 2.05) is 25.1 Å². The Bertz CT molecular complexity index is 1280. The molecule has 162 valence electrons. The van der Waals surface area contributed by atoms with Gasteiger partial charge in [-0.05, 0) is 61.0 Å². The number of methoxy groups -OCH3 is 1. The number of hydrogen-bond donors (Lipinski definition) is 0. The van der Waals surface area contributed by atoms with E-state index in [2.05, 4.69) is 4.98 Å². The Hall–Kier alpha value is -3.64. The topological polar surface area (TPSA) is 70.4 Å². The fraction of sp³-hybridized carbons (Fsp3) is 0.160. The number of fused-ring (bicyclic) bond motifs is 1. The molecule has 0 unspecified atom stereocenters. The number of rotatable bonds is 6. The molecule has 0 fully saturated rings. The van der Waals surface area contributed by atoms with Gasteiger partial charge in [0.2, 0.25) is 0 Å². The van der Waals surface area contributed by atoms with Gasteiger partial charge < -0.3 is 9.47 Å². The molecule has 2 aromatic carbocycles. The molecule has 0 spiro atoms. The first-order valence-corrected chi connectivity index (χ1v) is 10.4. The van der Waals surface area contributed by atoms with E-state index < -0.39 is 5.97 Å². The zero-order chi connectivity index (χ0) is 22.7. The zero-order valence-corrected chi connectivity index (χ0v) is 18.4. The number of ether oxygens (including phenoxy) is 2. The van der Waals surface area contributed by atoms with Crippen LogP contribution in [0.1, 0.15) is 27.2 Å². The lowest BCUT2D eigenvalue weighted by Crippen LogP contribution is -2.14. The van der Waals surface area contributed by atoms with Gasteiger partial charge in [-0.2, -0.15) is 0 Å². The van der Waals surface area contributed by atoms with Gasteiger partial charge in [0.15, 0.2) is 0 Å². The minimum atomic E-state index is -0.391. The van der Waals surface area contributed by atoms with E-state index >= 15 is 0 Å². The van der Waals surface area contributed by atoms with Gasteiger partial charge in [0.1, 0.15) is 12.4 Å². The molecule has 0 aliphatic rings. The average Bonchev–Trinajstić information content (AvgIpc) is 3.08. The van der Waals surface area contributed by atoms with E-state index in [9.17, 15) is 9.59 Å². The molecule has 2 aromatic heterocycles. The highest BCUT2D eigenvalue weighted by Crippen LogP contribution is 2.31. The summed E-state index contributed by atoms with van der Waals surface area (Å²) in [5.41, 5.74) is 3.39. The maximum absolute atomic E-state index is 13.3. The van der Waals surface area contributed by atoms with Crippen molar-refractivity contribution in [2.75, 3.05) is 7.11 Å². The van der Waals surface area contributed by atoms with E-state index in [0.717, 1.165) is 16.5 Å². The summed E-state index contributed by atoms with van der Waals surface area (Å²) in [4.78, 5) is 30.0. The van der Waals surface area contributed by atoms with Gasteiger partial charge >= 0.3 is 5.97 Å². The normalized spacial score (nSPS) is 10.8. The van der Waals surface area contributed by atoms with Crippen molar-refractivity contribution in [3.05, 3.63) is 94.4 Å². The van der Waals surface area contributed by atoms with Crippen molar-refractivity contribution in [3.63, 3.8) is 0 Å². The Labute approximate surface area is 190 Å². The van der Waals surface area contributed by atoms with Crippen LogP contribution in [0.2, 0.25) is 5.02 Å². The molecular formula is C25H21ClN2O4. The Balaban J connectivity index is 1.69. The van der Waals surface area contributed by atoms with Crippen molar-refractivity contribution in [2.45, 2.75) is 20.0 Å². The van der Waals surface area contributed by atoms with Gasteiger partial charge in [-0.25, -0.2) is 0 Å². The first kappa shape index (κ1) is 21.6. The number of pyridine rings is 1. The molecule has 0 atom stereocenters. The summed E-state index contributed by atoms with van der Waals surface area (Å²) in [6, 6.07) is 15.8. The second kappa shape index (κ2) is 9.24. The number of esters is 1. The summed E-state index contributed by atoms with van der Waals surface area (Å²) in [6.07, 6.45) is 3.34. The fourth-order valence-corrected chi connectivity index (χ4v) is 3.76. The molecule has 2 heterocycles. The molecule has 0 bridgehead atoms. The molecule has 0 saturated carbocycles. The number of nitrogens with zero attached hydrogens (tertiary/aromatic N) is 2. The highest BCUT2D eigenvalue weighted by atomic mass is 35.5. The van der Waals surface area contributed by atoms with Crippen molar-refractivity contribution in [2.24, 2.45) is 0 Å². The summed E-state index contributed by atoms with van der Waals surface area (Å²) in [5, 5.41) is 1.32. The van der Waals surface area contributed by atoms with Crippen LogP contribution in [0.3, 0.4) is 0 Å². The maximum atomic E-state index is 13.3. The van der Waals surface area contributed by atoms with Crippen molar-refractivity contribution in [1.29, 1.82) is 0 Å². The quantitative estimate of drug-likeness (QED) is 0.389. The fourth-order valence-electron chi connectivity index (χ4n) is 3.64. The molecule has 7 heteroatoms. The van der Waals surface area contributed by atoms with Crippen molar-refractivity contribution >= 4 is 34.4 Å². The van der Waals surface area contributed by atoms with E-state index in [1.165, 1.54) is 0 Å². The summed E-state index contributed by atoms with van der Waals surface area (Å²) in [7, 11) is 1.58. The first-order chi connectivity index (χ1) is 15.5. The standard InChI is InChI=1S/C25H21ClN2O4/c1-16-21(13-24(29)32-15-17-4-3-11-27-14-17)22-12-20(31-2)9-10-23(22)28(16)25(30)18-5-7-19(26)8-6-18/h3-12,14H,13,15H2,1-2H3. The van der Waals surface area contributed by atoms with Crippen molar-refractivity contribution in [1.82, 2.24) is 9.55 Å². The highest BCUT2D eigenvalue weighted by Gasteiger charge is 2.22. The molecule has 0 N–H and O–H groups in total. The zero-order valence-electron chi connectivity index (χ0n) is 17.7. The monoisotopic (exact) mass is 448 g/mol. The van der Waals surface area contributed by atoms with Gasteiger partial charge in [0, 0.05) is 39.6 Å². The summed E-state index contributed by atoms with van der Waals surface area (Å²) >= 11 is 5.97. The van der Waals surface area contributed by atoms with Crippen molar-refractivity contribution < 1.29 is 19.1 Å². The van der Waals surface area contributed by atoms with Gasteiger partial charge in [0.25, 0.3) is 5.91 Å². The van der Waals surface area contributed by atoms with E-state index in [0.29, 0.717) is 27.5 Å². The van der Waals surface area contributed by atoms with Crippen LogP contribution in [0.25, 0.3) is 10.9 Å². The van der Waals surface area contributed by atoms with E-state index in [-0.39, 0.29) is 18.9 Å². The lowest BCUT2D eigenvalue weighted by atomic mass is 10.1. The van der Waals surface area contributed by atoms with Crippen LogP contribution in [0, 0.1) is 6.92 Å². The second-order valence-electron chi connectivity index (χ2n) is 7.29. The third-order valence-corrected chi connectivity index (χ3v) is 5.53. The van der Waals surface area contributed by atoms with Crippen LogP contribution in [0.15, 0.2) is 67.0 Å². The van der Waals surface area contributed by atoms with Crippen LogP contribution in [0.4, 0.5) is 0 Å². The first-order valence-electron chi connectivity index (χ1n) is 10.0. The van der Waals surface area contributed by atoms with Crippen LogP contribution in [-0.4, -0.2) is 28.5 Å². The predicted molar refractivity (Wildman–Crippen MR) is 122 cm³/mol. The Morgan fingerprint density at radius 3 is 2.56 bits per heavy atom. The minimum Gasteiger partial charge on any atom is -0.497 e. The lowest BCUT2D eigenvalue weighted by Gasteiger charge is -2.08. The summed E-state index contributed by atoms with van der Waals surface area (Å²) < 4.78 is 12.4. The van der Waals surface area contributed by atoms with Crippen LogP contribution in [0.5, 0.6) is 5.75 Å². The predicted octanol–water partition coefficient (Wildman–Crippen LogP) is 4.98. The maximum Gasteiger partial charge on any atom is 0.310 e. The Morgan fingerprint density at radius 1 is 1.09 bits per heavy atom. The van der Waals surface area contributed by atoms with Crippen LogP contribution < -0.4 is 4.74 Å². The van der Waals surface area contributed by atoms with Gasteiger partial charge in [0.05, 0.1) is 19.0 Å². The summed E-state index contributed by atoms with van der Waals surface area (Å²) in [6.45, 7) is 1.96. The molecule has 0 saturated heterocycles. The Morgan fingerprint density at radius 2 is 1.88 bits per heavy atom. The minimum absolute atomic E-state index is 0.0245. The number of halogens is 1. The Kier molecular flexibility index (Phi) is 6.23. The molecule has 32 heavy (non-hydrogen) atoms. The molecule has 0 amide bonds. The van der Waals surface area contributed by atoms with Gasteiger partial charge in [-0.3, -0.25) is 19.1 Å². The number of carbonyl (C=O) groups is 2. The van der Waals surface area contributed by atoms with Gasteiger partial charge in [-0.15, -0.1) is 0 Å². The van der Waals surface area contributed by atoms with Crippen LogP contribution >= 0.6 is 11.6 Å². The number of carbonyl (C=O) groups excluding carboxylic acids is 2. The molecule has 0 aliphatic heterocycles. The van der Waals surface area contributed by atoms with Gasteiger partial charge in [-0.1, -0.05) is 17.7 Å². The van der Waals surface area contributed by atoms with Crippen LogP contribution in [-0.2, 0) is 22.6 Å². The number of aromatic nitrogens is 2. The SMILES string of the molecule is COc1ccc2c(c1)c(CC(=O)OCc1cccnc1)c(C)n2C(=O)c1ccc(Cl)cc1. The summed E-state index contributed by atoms with van der Waals surface area (Å²) in [5.74, 6) is 0.0423. The van der Waals surface area contributed by atoms with E-state index in [4.69, 9.17) is 21.1 Å². The van der Waals surface area contributed by atoms with Crippen molar-refractivity contribution in [3.8, 4) is 5.75 Å². The third kappa shape index (κ3) is 4.36. The average molecular weight is 449 g/mol. The largest absolute Gasteiger partial charge is 0.497 e. The molecule has 0 aliphatic carbocycles. The van der Waals surface area contributed by atoms with E-state index in [1.54, 1.807) is 60.5 Å². The molecule has 6 nitrogen and oxygen atoms in total. The number of benzene rings is 2. The third-order valence-electron chi connectivity index (χ3n) is 5.28. The molecule has 0 radical (unpaired) electrons. The highest BCUT2D eigenvalue weighted by molar-refractivity contribution is 6.30. The number of hydrogen-bond acceptors (Lipinski definition) is 5.